The SMILES string of the molecule is Nc1n[nH]c(C(=O)NCCc2cccnc2)n1. The van der Waals surface area contributed by atoms with Crippen LogP contribution in [-0.2, 0) is 6.42 Å². The van der Waals surface area contributed by atoms with Gasteiger partial charge in [0.1, 0.15) is 0 Å². The second-order valence-electron chi connectivity index (χ2n) is 3.41. The maximum absolute atomic E-state index is 11.5. The van der Waals surface area contributed by atoms with E-state index in [0.717, 1.165) is 5.56 Å². The Morgan fingerprint density at radius 3 is 3.06 bits per heavy atom. The Morgan fingerprint density at radius 2 is 2.41 bits per heavy atom. The Hall–Kier alpha value is -2.44. The highest BCUT2D eigenvalue weighted by molar-refractivity contribution is 5.90. The zero-order valence-corrected chi connectivity index (χ0v) is 9.05. The standard InChI is InChI=1S/C10H12N6O/c11-10-14-8(15-16-10)9(17)13-5-3-7-2-1-4-12-6-7/h1-2,4,6H,3,5H2,(H,13,17)(H3,11,14,15,16). The molecule has 0 spiro atoms. The van der Waals surface area contributed by atoms with Gasteiger partial charge in [0, 0.05) is 18.9 Å². The van der Waals surface area contributed by atoms with Crippen LogP contribution < -0.4 is 11.1 Å². The number of carbonyl (C=O) groups excluding carboxylic acids is 1. The van der Waals surface area contributed by atoms with Crippen molar-refractivity contribution in [2.75, 3.05) is 12.3 Å². The number of hydrogen-bond donors (Lipinski definition) is 3. The molecule has 0 aliphatic rings. The zero-order valence-electron chi connectivity index (χ0n) is 9.05. The van der Waals surface area contributed by atoms with Crippen molar-refractivity contribution in [1.82, 2.24) is 25.5 Å². The number of anilines is 1. The lowest BCUT2D eigenvalue weighted by atomic mass is 10.2. The lowest BCUT2D eigenvalue weighted by Crippen LogP contribution is -2.26. The smallest absolute Gasteiger partial charge is 0.288 e. The van der Waals surface area contributed by atoms with E-state index in [1.165, 1.54) is 0 Å². The molecule has 0 saturated heterocycles. The summed E-state index contributed by atoms with van der Waals surface area (Å²) < 4.78 is 0. The van der Waals surface area contributed by atoms with Crippen molar-refractivity contribution < 1.29 is 4.79 Å². The molecule has 7 heteroatoms. The zero-order chi connectivity index (χ0) is 12.1. The van der Waals surface area contributed by atoms with Crippen LogP contribution in [0.2, 0.25) is 0 Å². The fourth-order valence-electron chi connectivity index (χ4n) is 1.33. The first kappa shape index (κ1) is 11.1. The molecule has 0 fully saturated rings. The molecule has 0 radical (unpaired) electrons. The third kappa shape index (κ3) is 3.00. The number of nitrogens with zero attached hydrogens (tertiary/aromatic N) is 3. The monoisotopic (exact) mass is 232 g/mol. The van der Waals surface area contributed by atoms with E-state index in [1.807, 2.05) is 12.1 Å². The summed E-state index contributed by atoms with van der Waals surface area (Å²) in [5.74, 6) is -0.144. The van der Waals surface area contributed by atoms with Gasteiger partial charge < -0.3 is 11.1 Å². The first-order valence-corrected chi connectivity index (χ1v) is 5.10. The molecule has 17 heavy (non-hydrogen) atoms. The van der Waals surface area contributed by atoms with Crippen LogP contribution in [0.25, 0.3) is 0 Å². The van der Waals surface area contributed by atoms with Crippen molar-refractivity contribution in [1.29, 1.82) is 0 Å². The van der Waals surface area contributed by atoms with Crippen LogP contribution in [0.1, 0.15) is 16.2 Å². The van der Waals surface area contributed by atoms with Gasteiger partial charge in [-0.05, 0) is 18.1 Å². The minimum Gasteiger partial charge on any atom is -0.366 e. The van der Waals surface area contributed by atoms with Gasteiger partial charge in [-0.25, -0.2) is 0 Å². The molecule has 88 valence electrons. The van der Waals surface area contributed by atoms with E-state index in [2.05, 4.69) is 25.5 Å². The highest BCUT2D eigenvalue weighted by Gasteiger charge is 2.09. The van der Waals surface area contributed by atoms with Crippen molar-refractivity contribution in [2.45, 2.75) is 6.42 Å². The second-order valence-corrected chi connectivity index (χ2v) is 3.41. The van der Waals surface area contributed by atoms with Gasteiger partial charge in [0.25, 0.3) is 5.91 Å². The van der Waals surface area contributed by atoms with E-state index < -0.39 is 0 Å². The van der Waals surface area contributed by atoms with E-state index >= 15 is 0 Å². The number of pyridine rings is 1. The Balaban J connectivity index is 1.81. The summed E-state index contributed by atoms with van der Waals surface area (Å²) in [6, 6.07) is 3.81. The van der Waals surface area contributed by atoms with Crippen molar-refractivity contribution >= 4 is 11.9 Å². The molecule has 2 rings (SSSR count). The predicted octanol–water partition coefficient (Wildman–Crippen LogP) is -0.246. The van der Waals surface area contributed by atoms with Crippen LogP contribution in [0.3, 0.4) is 0 Å². The molecule has 2 aromatic heterocycles. The molecule has 0 bridgehead atoms. The molecule has 0 aromatic carbocycles. The minimum atomic E-state index is -0.321. The van der Waals surface area contributed by atoms with Crippen LogP contribution >= 0.6 is 0 Å². The summed E-state index contributed by atoms with van der Waals surface area (Å²) in [6.45, 7) is 0.505. The Labute approximate surface area is 97.5 Å². The molecule has 4 N–H and O–H groups in total. The van der Waals surface area contributed by atoms with Crippen molar-refractivity contribution in [3.05, 3.63) is 35.9 Å². The molecule has 2 heterocycles. The van der Waals surface area contributed by atoms with Gasteiger partial charge >= 0.3 is 0 Å². The average molecular weight is 232 g/mol. The lowest BCUT2D eigenvalue weighted by Gasteiger charge is -2.02. The van der Waals surface area contributed by atoms with Crippen molar-refractivity contribution in [3.63, 3.8) is 0 Å². The van der Waals surface area contributed by atoms with Crippen LogP contribution in [-0.4, -0.2) is 32.6 Å². The van der Waals surface area contributed by atoms with Gasteiger partial charge in [-0.1, -0.05) is 6.07 Å². The van der Waals surface area contributed by atoms with Gasteiger partial charge in [-0.3, -0.25) is 14.9 Å². The average Bonchev–Trinajstić information content (AvgIpc) is 2.77. The largest absolute Gasteiger partial charge is 0.366 e. The fraction of sp³-hybridized carbons (Fsp3) is 0.200. The highest BCUT2D eigenvalue weighted by atomic mass is 16.2. The molecule has 7 nitrogen and oxygen atoms in total. The second kappa shape index (κ2) is 5.06. The van der Waals surface area contributed by atoms with Crippen LogP contribution in [0.5, 0.6) is 0 Å². The summed E-state index contributed by atoms with van der Waals surface area (Å²) in [4.78, 5) is 19.2. The quantitative estimate of drug-likeness (QED) is 0.673. The Bertz CT molecular complexity index is 495. The molecular formula is C10H12N6O. The maximum Gasteiger partial charge on any atom is 0.288 e. The molecule has 0 atom stereocenters. The van der Waals surface area contributed by atoms with Crippen molar-refractivity contribution in [2.24, 2.45) is 0 Å². The number of rotatable bonds is 4. The minimum absolute atomic E-state index is 0.0578. The molecule has 0 aliphatic heterocycles. The molecule has 0 unspecified atom stereocenters. The van der Waals surface area contributed by atoms with Gasteiger partial charge in [0.15, 0.2) is 0 Å². The van der Waals surface area contributed by atoms with E-state index in [0.29, 0.717) is 13.0 Å². The lowest BCUT2D eigenvalue weighted by molar-refractivity contribution is 0.0944. The summed E-state index contributed by atoms with van der Waals surface area (Å²) in [5.41, 5.74) is 6.35. The number of aromatic nitrogens is 4. The van der Waals surface area contributed by atoms with Crippen LogP contribution in [0.15, 0.2) is 24.5 Å². The first-order chi connectivity index (χ1) is 8.25. The summed E-state index contributed by atoms with van der Waals surface area (Å²) >= 11 is 0. The topological polar surface area (TPSA) is 110 Å². The number of aromatic amines is 1. The summed E-state index contributed by atoms with van der Waals surface area (Å²) in [7, 11) is 0. The Kier molecular flexibility index (Phi) is 3.29. The third-order valence-electron chi connectivity index (χ3n) is 2.14. The number of hydrogen-bond acceptors (Lipinski definition) is 5. The molecule has 1 amide bonds. The maximum atomic E-state index is 11.5. The fourth-order valence-corrected chi connectivity index (χ4v) is 1.33. The van der Waals surface area contributed by atoms with Crippen molar-refractivity contribution in [3.8, 4) is 0 Å². The molecule has 2 aromatic rings. The van der Waals surface area contributed by atoms with Gasteiger partial charge in [0.05, 0.1) is 0 Å². The van der Waals surface area contributed by atoms with Crippen LogP contribution in [0.4, 0.5) is 5.95 Å². The Morgan fingerprint density at radius 1 is 1.53 bits per heavy atom. The molecule has 0 aliphatic carbocycles. The highest BCUT2D eigenvalue weighted by Crippen LogP contribution is 1.96. The van der Waals surface area contributed by atoms with E-state index in [1.54, 1.807) is 12.4 Å². The third-order valence-corrected chi connectivity index (χ3v) is 2.14. The number of nitrogen functional groups attached to an aromatic ring is 1. The number of nitrogens with one attached hydrogen (secondary N) is 2. The normalized spacial score (nSPS) is 10.1. The van der Waals surface area contributed by atoms with Gasteiger partial charge in [-0.15, -0.1) is 5.10 Å². The van der Waals surface area contributed by atoms with E-state index in [-0.39, 0.29) is 17.7 Å². The van der Waals surface area contributed by atoms with Gasteiger partial charge in [-0.2, -0.15) is 4.98 Å². The summed E-state index contributed by atoms with van der Waals surface area (Å²) in [5, 5.41) is 8.72. The first-order valence-electron chi connectivity index (χ1n) is 5.10. The van der Waals surface area contributed by atoms with Gasteiger partial charge in [0.2, 0.25) is 11.8 Å². The number of carbonyl (C=O) groups is 1. The summed E-state index contributed by atoms with van der Waals surface area (Å²) in [6.07, 6.45) is 4.18. The van der Waals surface area contributed by atoms with E-state index in [4.69, 9.17) is 5.73 Å². The number of H-pyrrole nitrogens is 1. The molecule has 0 saturated carbocycles. The predicted molar refractivity (Wildman–Crippen MR) is 61.1 cm³/mol. The van der Waals surface area contributed by atoms with Crippen LogP contribution in [0, 0.1) is 0 Å². The van der Waals surface area contributed by atoms with E-state index in [9.17, 15) is 4.79 Å². The number of amides is 1. The molecular weight excluding hydrogens is 220 g/mol. The number of nitrogens with two attached hydrogens (primary N) is 1.